The molecule has 4 aromatic rings. The zero-order chi connectivity index (χ0) is 30.2. The van der Waals surface area contributed by atoms with Crippen LogP contribution in [0.5, 0.6) is 11.5 Å². The largest absolute Gasteiger partial charge is 0.495 e. The summed E-state index contributed by atoms with van der Waals surface area (Å²) in [6.45, 7) is 0. The Labute approximate surface area is 263 Å². The Morgan fingerprint density at radius 1 is 0.595 bits per heavy atom. The Morgan fingerprint density at radius 2 is 0.952 bits per heavy atom. The second kappa shape index (κ2) is 14.3. The number of carbonyl (C=O) groups excluding carboxylic acids is 2. The molecule has 0 atom stereocenters. The molecule has 0 saturated carbocycles. The van der Waals surface area contributed by atoms with E-state index < -0.39 is 0 Å². The van der Waals surface area contributed by atoms with Crippen molar-refractivity contribution in [1.29, 1.82) is 0 Å². The maximum absolute atomic E-state index is 12.6. The molecule has 0 radical (unpaired) electrons. The van der Waals surface area contributed by atoms with E-state index in [4.69, 9.17) is 55.9 Å². The number of benzene rings is 4. The van der Waals surface area contributed by atoms with Crippen LogP contribution in [0.25, 0.3) is 23.3 Å². The summed E-state index contributed by atoms with van der Waals surface area (Å²) < 4.78 is 11.1. The van der Waals surface area contributed by atoms with Crippen molar-refractivity contribution in [1.82, 2.24) is 0 Å². The van der Waals surface area contributed by atoms with Crippen LogP contribution >= 0.6 is 46.4 Å². The lowest BCUT2D eigenvalue weighted by Gasteiger charge is -2.14. The monoisotopic (exact) mass is 640 g/mol. The van der Waals surface area contributed by atoms with Gasteiger partial charge in [0.2, 0.25) is 11.8 Å². The lowest BCUT2D eigenvalue weighted by molar-refractivity contribution is -0.112. The van der Waals surface area contributed by atoms with Crippen molar-refractivity contribution < 1.29 is 19.1 Å². The molecule has 0 bridgehead atoms. The van der Waals surface area contributed by atoms with E-state index in [-0.39, 0.29) is 11.8 Å². The van der Waals surface area contributed by atoms with Gasteiger partial charge in [-0.2, -0.15) is 0 Å². The number of carbonyl (C=O) groups is 2. The molecule has 0 saturated heterocycles. The second-order valence-electron chi connectivity index (χ2n) is 8.75. The lowest BCUT2D eigenvalue weighted by Crippen LogP contribution is -2.09. The van der Waals surface area contributed by atoms with E-state index in [0.29, 0.717) is 54.1 Å². The van der Waals surface area contributed by atoms with Gasteiger partial charge in [-0.25, -0.2) is 0 Å². The molecule has 4 aromatic carbocycles. The molecular weight excluding hydrogens is 618 g/mol. The quantitative estimate of drug-likeness (QED) is 0.179. The number of hydrogen-bond acceptors (Lipinski definition) is 4. The van der Waals surface area contributed by atoms with Gasteiger partial charge >= 0.3 is 0 Å². The average Bonchev–Trinajstić information content (AvgIpc) is 2.97. The number of anilines is 2. The number of rotatable bonds is 9. The van der Waals surface area contributed by atoms with Crippen LogP contribution in [0, 0.1) is 0 Å². The fourth-order valence-electron chi connectivity index (χ4n) is 3.95. The first kappa shape index (κ1) is 31.0. The number of halogens is 4. The van der Waals surface area contributed by atoms with Gasteiger partial charge in [-0.05, 0) is 71.8 Å². The third kappa shape index (κ3) is 7.66. The van der Waals surface area contributed by atoms with Gasteiger partial charge in [0.05, 0.1) is 25.6 Å². The Kier molecular flexibility index (Phi) is 10.6. The molecule has 2 N–H and O–H groups in total. The van der Waals surface area contributed by atoms with E-state index in [1.165, 1.54) is 26.4 Å². The highest BCUT2D eigenvalue weighted by molar-refractivity contribution is 6.38. The van der Waals surface area contributed by atoms with Gasteiger partial charge in [0.1, 0.15) is 11.5 Å². The van der Waals surface area contributed by atoms with E-state index in [2.05, 4.69) is 10.6 Å². The number of hydrogen-bond donors (Lipinski definition) is 2. The maximum atomic E-state index is 12.6. The van der Waals surface area contributed by atoms with Gasteiger partial charge in [0, 0.05) is 43.4 Å². The molecule has 214 valence electrons. The molecule has 2 amide bonds. The standard InChI is InChI=1S/C32H24Cl4N2O4/c1-41-29-17-19(9-13-27(29)37-31(39)15-11-21-23(33)5-3-6-24(21)34)20-10-14-28(30(18-20)42-2)38-32(40)16-12-22-25(35)7-4-8-26(22)36/h3-18H,1-2H3,(H,37,39)(H,38,40)/b15-11+,16-12+. The summed E-state index contributed by atoms with van der Waals surface area (Å²) in [5.74, 6) is 0.129. The van der Waals surface area contributed by atoms with Crippen LogP contribution in [0.15, 0.2) is 84.9 Å². The summed E-state index contributed by atoms with van der Waals surface area (Å²) in [7, 11) is 3.02. The minimum Gasteiger partial charge on any atom is -0.495 e. The van der Waals surface area contributed by atoms with Crippen LogP contribution in [-0.4, -0.2) is 26.0 Å². The normalized spacial score (nSPS) is 11.1. The second-order valence-corrected chi connectivity index (χ2v) is 10.4. The summed E-state index contributed by atoms with van der Waals surface area (Å²) >= 11 is 24.7. The SMILES string of the molecule is COc1cc(-c2ccc(NC(=O)/C=C/c3c(Cl)cccc3Cl)c(OC)c2)ccc1NC(=O)/C=C/c1c(Cl)cccc1Cl. The third-order valence-corrected chi connectivity index (χ3v) is 7.37. The van der Waals surface area contributed by atoms with E-state index in [0.717, 1.165) is 11.1 Å². The van der Waals surface area contributed by atoms with Crippen molar-refractivity contribution in [2.24, 2.45) is 0 Å². The van der Waals surface area contributed by atoms with Crippen molar-refractivity contribution in [3.8, 4) is 22.6 Å². The van der Waals surface area contributed by atoms with Crippen LogP contribution in [0.4, 0.5) is 11.4 Å². The predicted octanol–water partition coefficient (Wildman–Crippen LogP) is 9.29. The highest BCUT2D eigenvalue weighted by atomic mass is 35.5. The fourth-order valence-corrected chi connectivity index (χ4v) is 5.00. The average molecular weight is 642 g/mol. The molecular formula is C32H24Cl4N2O4. The van der Waals surface area contributed by atoms with E-state index in [1.54, 1.807) is 72.8 Å². The molecule has 42 heavy (non-hydrogen) atoms. The smallest absolute Gasteiger partial charge is 0.248 e. The van der Waals surface area contributed by atoms with Gasteiger partial charge in [-0.1, -0.05) is 70.7 Å². The molecule has 0 heterocycles. The van der Waals surface area contributed by atoms with E-state index in [9.17, 15) is 9.59 Å². The molecule has 0 aromatic heterocycles. The van der Waals surface area contributed by atoms with E-state index >= 15 is 0 Å². The van der Waals surface area contributed by atoms with Crippen molar-refractivity contribution in [3.05, 3.63) is 116 Å². The van der Waals surface area contributed by atoms with Gasteiger partial charge in [-0.15, -0.1) is 0 Å². The van der Waals surface area contributed by atoms with Gasteiger partial charge in [0.15, 0.2) is 0 Å². The van der Waals surface area contributed by atoms with Crippen LogP contribution in [0.3, 0.4) is 0 Å². The Morgan fingerprint density at radius 3 is 1.29 bits per heavy atom. The van der Waals surface area contributed by atoms with Crippen LogP contribution < -0.4 is 20.1 Å². The highest BCUT2D eigenvalue weighted by Crippen LogP contribution is 2.35. The lowest BCUT2D eigenvalue weighted by atomic mass is 10.0. The van der Waals surface area contributed by atoms with E-state index in [1.807, 2.05) is 12.1 Å². The fraction of sp³-hybridized carbons (Fsp3) is 0.0625. The molecule has 0 aliphatic heterocycles. The first-order chi connectivity index (χ1) is 20.2. The molecule has 6 nitrogen and oxygen atoms in total. The van der Waals surface area contributed by atoms with Crippen LogP contribution in [0.2, 0.25) is 20.1 Å². The van der Waals surface area contributed by atoms with Gasteiger partial charge < -0.3 is 20.1 Å². The molecule has 0 unspecified atom stereocenters. The summed E-state index contributed by atoms with van der Waals surface area (Å²) in [6, 6.07) is 20.9. The predicted molar refractivity (Wildman–Crippen MR) is 173 cm³/mol. The molecule has 10 heteroatoms. The summed E-state index contributed by atoms with van der Waals surface area (Å²) in [5.41, 5.74) is 3.64. The van der Waals surface area contributed by atoms with Crippen molar-refractivity contribution in [3.63, 3.8) is 0 Å². The van der Waals surface area contributed by atoms with Gasteiger partial charge in [0.25, 0.3) is 0 Å². The topological polar surface area (TPSA) is 76.7 Å². The molecule has 0 aliphatic rings. The van der Waals surface area contributed by atoms with Crippen molar-refractivity contribution >= 4 is 81.7 Å². The van der Waals surface area contributed by atoms with Crippen molar-refractivity contribution in [2.45, 2.75) is 0 Å². The third-order valence-electron chi connectivity index (χ3n) is 6.05. The summed E-state index contributed by atoms with van der Waals surface area (Å²) in [6.07, 6.45) is 5.79. The minimum atomic E-state index is -0.385. The Hall–Kier alpha value is -3.94. The minimum absolute atomic E-state index is 0.385. The van der Waals surface area contributed by atoms with Crippen molar-refractivity contribution in [2.75, 3.05) is 24.9 Å². The summed E-state index contributed by atoms with van der Waals surface area (Å²) in [5, 5.41) is 7.35. The zero-order valence-corrected chi connectivity index (χ0v) is 25.4. The van der Waals surface area contributed by atoms with Crippen LogP contribution in [0.1, 0.15) is 11.1 Å². The highest BCUT2D eigenvalue weighted by Gasteiger charge is 2.12. The molecule has 4 rings (SSSR count). The number of nitrogens with one attached hydrogen (secondary N) is 2. The number of methoxy groups -OCH3 is 2. The maximum Gasteiger partial charge on any atom is 0.248 e. The first-order valence-corrected chi connectivity index (χ1v) is 13.9. The number of amides is 2. The van der Waals surface area contributed by atoms with Crippen LogP contribution in [-0.2, 0) is 9.59 Å². The first-order valence-electron chi connectivity index (χ1n) is 12.4. The Balaban J connectivity index is 1.49. The molecule has 0 fully saturated rings. The summed E-state index contributed by atoms with van der Waals surface area (Å²) in [4.78, 5) is 25.2. The molecule has 0 spiro atoms. The molecule has 0 aliphatic carbocycles. The number of ether oxygens (including phenoxy) is 2. The Bertz CT molecular complexity index is 1540. The van der Waals surface area contributed by atoms with Gasteiger partial charge in [-0.3, -0.25) is 9.59 Å². The zero-order valence-electron chi connectivity index (χ0n) is 22.4.